The van der Waals surface area contributed by atoms with Gasteiger partial charge in [0.25, 0.3) is 0 Å². The van der Waals surface area contributed by atoms with Crippen LogP contribution in [0.4, 0.5) is 0 Å². The Kier molecular flexibility index (Phi) is 2.28. The van der Waals surface area contributed by atoms with E-state index in [1.807, 2.05) is 30.3 Å². The highest BCUT2D eigenvalue weighted by molar-refractivity contribution is 5.74. The van der Waals surface area contributed by atoms with Crippen molar-refractivity contribution in [1.29, 1.82) is 5.26 Å². The first-order valence-corrected chi connectivity index (χ1v) is 4.38. The first-order valence-electron chi connectivity index (χ1n) is 4.38. The molecule has 3 heteroatoms. The Bertz CT molecular complexity index is 469. The van der Waals surface area contributed by atoms with Crippen LogP contribution in [0.5, 0.6) is 0 Å². The first kappa shape index (κ1) is 8.52. The van der Waals surface area contributed by atoms with Gasteiger partial charge in [0.15, 0.2) is 0 Å². The molecular formula is C11H9N3. The normalized spacial score (nSPS) is 10.8. The zero-order chi connectivity index (χ0) is 9.80. The standard InChI is InChI=1S/C11H9N3/c12-8-4-3-7-11-13-9-5-1-2-6-10(9)14-11/h1-6H,7H2,(H,13,14). The zero-order valence-corrected chi connectivity index (χ0v) is 7.57. The van der Waals surface area contributed by atoms with Gasteiger partial charge in [-0.25, -0.2) is 4.98 Å². The maximum atomic E-state index is 8.32. The number of allylic oxidation sites excluding steroid dienone is 2. The summed E-state index contributed by atoms with van der Waals surface area (Å²) in [5, 5.41) is 8.32. The minimum Gasteiger partial charge on any atom is -0.342 e. The number of hydrogen-bond donors (Lipinski definition) is 1. The molecule has 2 aromatic rings. The minimum absolute atomic E-state index is 0.669. The van der Waals surface area contributed by atoms with Crippen molar-refractivity contribution in [1.82, 2.24) is 9.97 Å². The van der Waals surface area contributed by atoms with Crippen molar-refractivity contribution in [3.8, 4) is 6.07 Å². The number of nitrogens with zero attached hydrogens (tertiary/aromatic N) is 2. The number of nitrogens with one attached hydrogen (secondary N) is 1. The zero-order valence-electron chi connectivity index (χ0n) is 7.57. The minimum atomic E-state index is 0.669. The summed E-state index contributed by atoms with van der Waals surface area (Å²) < 4.78 is 0. The number of fused-ring (bicyclic) bond motifs is 1. The van der Waals surface area contributed by atoms with Crippen LogP contribution < -0.4 is 0 Å². The quantitative estimate of drug-likeness (QED) is 0.725. The van der Waals surface area contributed by atoms with Crippen molar-refractivity contribution >= 4 is 11.0 Å². The van der Waals surface area contributed by atoms with Crippen LogP contribution in [0, 0.1) is 11.3 Å². The smallest absolute Gasteiger partial charge is 0.111 e. The van der Waals surface area contributed by atoms with Gasteiger partial charge >= 0.3 is 0 Å². The number of hydrogen-bond acceptors (Lipinski definition) is 2. The maximum absolute atomic E-state index is 8.32. The van der Waals surface area contributed by atoms with E-state index < -0.39 is 0 Å². The maximum Gasteiger partial charge on any atom is 0.111 e. The average Bonchev–Trinajstić information content (AvgIpc) is 2.60. The highest BCUT2D eigenvalue weighted by Crippen LogP contribution is 2.10. The van der Waals surface area contributed by atoms with Crippen LogP contribution in [0.3, 0.4) is 0 Å². The molecule has 0 aliphatic rings. The molecule has 0 aliphatic carbocycles. The van der Waals surface area contributed by atoms with Crippen molar-refractivity contribution in [3.63, 3.8) is 0 Å². The van der Waals surface area contributed by atoms with Gasteiger partial charge in [-0.3, -0.25) is 0 Å². The Balaban J connectivity index is 2.28. The Morgan fingerprint density at radius 3 is 3.07 bits per heavy atom. The van der Waals surface area contributed by atoms with Gasteiger partial charge in [0.1, 0.15) is 5.82 Å². The summed E-state index contributed by atoms with van der Waals surface area (Å²) in [5.41, 5.74) is 2.00. The third kappa shape index (κ3) is 1.64. The van der Waals surface area contributed by atoms with Gasteiger partial charge in [0.05, 0.1) is 17.1 Å². The molecule has 0 spiro atoms. The van der Waals surface area contributed by atoms with Crippen molar-refractivity contribution in [2.45, 2.75) is 6.42 Å². The number of rotatable bonds is 2. The largest absolute Gasteiger partial charge is 0.342 e. The Morgan fingerprint density at radius 2 is 2.29 bits per heavy atom. The van der Waals surface area contributed by atoms with Gasteiger partial charge in [0.2, 0.25) is 0 Å². The van der Waals surface area contributed by atoms with E-state index in [4.69, 9.17) is 5.26 Å². The summed E-state index contributed by atoms with van der Waals surface area (Å²) in [7, 11) is 0. The molecule has 2 rings (SSSR count). The fourth-order valence-electron chi connectivity index (χ4n) is 1.33. The summed E-state index contributed by atoms with van der Waals surface area (Å²) in [4.78, 5) is 7.55. The molecule has 0 saturated carbocycles. The highest BCUT2D eigenvalue weighted by atomic mass is 14.9. The van der Waals surface area contributed by atoms with E-state index in [1.165, 1.54) is 6.08 Å². The number of aromatic nitrogens is 2. The van der Waals surface area contributed by atoms with Gasteiger partial charge in [-0.1, -0.05) is 18.2 Å². The second-order valence-electron chi connectivity index (χ2n) is 2.94. The molecule has 1 N–H and O–H groups in total. The van der Waals surface area contributed by atoms with E-state index >= 15 is 0 Å². The average molecular weight is 183 g/mol. The Labute approximate surface area is 81.7 Å². The second-order valence-corrected chi connectivity index (χ2v) is 2.94. The number of benzene rings is 1. The molecule has 1 aromatic carbocycles. The van der Waals surface area contributed by atoms with Crippen LogP contribution in [-0.2, 0) is 6.42 Å². The molecule has 3 nitrogen and oxygen atoms in total. The van der Waals surface area contributed by atoms with Crippen molar-refractivity contribution in [2.75, 3.05) is 0 Å². The molecule has 0 radical (unpaired) electrons. The summed E-state index contributed by atoms with van der Waals surface area (Å²) in [6.45, 7) is 0. The van der Waals surface area contributed by atoms with Crippen LogP contribution >= 0.6 is 0 Å². The first-order chi connectivity index (χ1) is 6.90. The molecule has 0 amide bonds. The SMILES string of the molecule is N#CC=CCc1nc2ccccc2[nH]1. The molecule has 0 unspecified atom stereocenters. The van der Waals surface area contributed by atoms with E-state index in [0.29, 0.717) is 6.42 Å². The van der Waals surface area contributed by atoms with Gasteiger partial charge in [-0.15, -0.1) is 0 Å². The summed E-state index contributed by atoms with van der Waals surface area (Å²) in [5.74, 6) is 0.887. The molecule has 1 aromatic heterocycles. The van der Waals surface area contributed by atoms with Gasteiger partial charge in [-0.2, -0.15) is 5.26 Å². The van der Waals surface area contributed by atoms with Crippen LogP contribution in [0.15, 0.2) is 36.4 Å². The lowest BCUT2D eigenvalue weighted by atomic mass is 10.3. The van der Waals surface area contributed by atoms with E-state index in [2.05, 4.69) is 9.97 Å². The van der Waals surface area contributed by atoms with Crippen molar-refractivity contribution < 1.29 is 0 Å². The number of nitriles is 1. The van der Waals surface area contributed by atoms with Crippen LogP contribution in [0.2, 0.25) is 0 Å². The Morgan fingerprint density at radius 1 is 1.43 bits per heavy atom. The molecular weight excluding hydrogens is 174 g/mol. The van der Waals surface area contributed by atoms with Crippen LogP contribution in [0.1, 0.15) is 5.82 Å². The third-order valence-corrected chi connectivity index (χ3v) is 1.94. The molecule has 0 bridgehead atoms. The van der Waals surface area contributed by atoms with Gasteiger partial charge in [-0.05, 0) is 12.1 Å². The number of para-hydroxylation sites is 2. The summed E-state index contributed by atoms with van der Waals surface area (Å²) in [6, 6.07) is 9.82. The molecule has 68 valence electrons. The van der Waals surface area contributed by atoms with Crippen molar-refractivity contribution in [2.24, 2.45) is 0 Å². The molecule has 0 fully saturated rings. The molecule has 14 heavy (non-hydrogen) atoms. The fourth-order valence-corrected chi connectivity index (χ4v) is 1.33. The lowest BCUT2D eigenvalue weighted by Gasteiger charge is -1.84. The molecule has 0 saturated heterocycles. The lowest BCUT2D eigenvalue weighted by Crippen LogP contribution is -1.82. The second kappa shape index (κ2) is 3.75. The summed E-state index contributed by atoms with van der Waals surface area (Å²) in [6.07, 6.45) is 3.92. The van der Waals surface area contributed by atoms with E-state index in [-0.39, 0.29) is 0 Å². The van der Waals surface area contributed by atoms with E-state index in [0.717, 1.165) is 16.9 Å². The van der Waals surface area contributed by atoms with Gasteiger partial charge < -0.3 is 4.98 Å². The summed E-state index contributed by atoms with van der Waals surface area (Å²) >= 11 is 0. The van der Waals surface area contributed by atoms with Crippen LogP contribution in [0.25, 0.3) is 11.0 Å². The number of aromatic amines is 1. The highest BCUT2D eigenvalue weighted by Gasteiger charge is 1.98. The van der Waals surface area contributed by atoms with Crippen LogP contribution in [-0.4, -0.2) is 9.97 Å². The molecule has 0 aliphatic heterocycles. The number of H-pyrrole nitrogens is 1. The number of imidazole rings is 1. The predicted octanol–water partition coefficient (Wildman–Crippen LogP) is 2.19. The predicted molar refractivity (Wildman–Crippen MR) is 54.6 cm³/mol. The van der Waals surface area contributed by atoms with Gasteiger partial charge in [0, 0.05) is 12.5 Å². The molecule has 0 atom stereocenters. The topological polar surface area (TPSA) is 52.5 Å². The molecule has 1 heterocycles. The fraction of sp³-hybridized carbons (Fsp3) is 0.0909. The lowest BCUT2D eigenvalue weighted by molar-refractivity contribution is 1.07. The van der Waals surface area contributed by atoms with E-state index in [9.17, 15) is 0 Å². The monoisotopic (exact) mass is 183 g/mol. The Hall–Kier alpha value is -2.08. The van der Waals surface area contributed by atoms with E-state index in [1.54, 1.807) is 6.08 Å². The third-order valence-electron chi connectivity index (χ3n) is 1.94. The van der Waals surface area contributed by atoms with Crippen molar-refractivity contribution in [3.05, 3.63) is 42.2 Å².